The first-order chi connectivity index (χ1) is 10.4. The van der Waals surface area contributed by atoms with Gasteiger partial charge in [0.2, 0.25) is 0 Å². The highest BCUT2D eigenvalue weighted by atomic mass is 31.1. The SMILES string of the molecule is CCCC(C)=C(/C(CC)=C(/F)O[P+](=O)O)c1ccc(F)cc1. The number of hydrogen-bond acceptors (Lipinski definition) is 2. The summed E-state index contributed by atoms with van der Waals surface area (Å²) in [7, 11) is -3.07. The molecule has 1 aromatic rings. The standard InChI is InChI=1S/C16H19F2O3P/c1-4-6-11(3)15(12-7-9-13(17)10-8-12)14(5-2)16(18)21-22(19)20/h7-10H,4-6H2,1-3H3/p+1/b15-11?,16-14-. The van der Waals surface area contributed by atoms with Crippen molar-refractivity contribution in [1.82, 2.24) is 0 Å². The molecule has 1 N–H and O–H groups in total. The quantitative estimate of drug-likeness (QED) is 0.399. The summed E-state index contributed by atoms with van der Waals surface area (Å²) < 4.78 is 42.3. The molecule has 3 nitrogen and oxygen atoms in total. The second kappa shape index (κ2) is 8.76. The van der Waals surface area contributed by atoms with Gasteiger partial charge in [-0.1, -0.05) is 38.0 Å². The lowest BCUT2D eigenvalue weighted by molar-refractivity contribution is 0.271. The molecule has 0 aliphatic rings. The van der Waals surface area contributed by atoms with Crippen LogP contribution < -0.4 is 0 Å². The second-order valence-corrected chi connectivity index (χ2v) is 5.51. The summed E-state index contributed by atoms with van der Waals surface area (Å²) in [4.78, 5) is 8.75. The van der Waals surface area contributed by atoms with E-state index in [-0.39, 0.29) is 17.8 Å². The highest BCUT2D eigenvalue weighted by Gasteiger charge is 2.24. The lowest BCUT2D eigenvalue weighted by Gasteiger charge is -2.15. The lowest BCUT2D eigenvalue weighted by atomic mass is 9.90. The van der Waals surface area contributed by atoms with Crippen LogP contribution in [0.1, 0.15) is 45.6 Å². The van der Waals surface area contributed by atoms with E-state index in [2.05, 4.69) is 4.52 Å². The van der Waals surface area contributed by atoms with E-state index in [0.717, 1.165) is 18.4 Å². The third-order valence-electron chi connectivity index (χ3n) is 3.24. The minimum atomic E-state index is -3.07. The molecular formula is C16H20F2O3P+. The lowest BCUT2D eigenvalue weighted by Crippen LogP contribution is -1.98. The van der Waals surface area contributed by atoms with Crippen molar-refractivity contribution >= 4 is 13.8 Å². The van der Waals surface area contributed by atoms with E-state index in [4.69, 9.17) is 4.89 Å². The van der Waals surface area contributed by atoms with Crippen molar-refractivity contribution in [2.45, 2.75) is 40.0 Å². The van der Waals surface area contributed by atoms with Gasteiger partial charge in [-0.3, -0.25) is 0 Å². The van der Waals surface area contributed by atoms with Crippen molar-refractivity contribution in [3.63, 3.8) is 0 Å². The molecule has 0 aliphatic carbocycles. The van der Waals surface area contributed by atoms with E-state index in [1.54, 1.807) is 19.1 Å². The Labute approximate surface area is 130 Å². The highest BCUT2D eigenvalue weighted by Crippen LogP contribution is 2.36. The maximum atomic E-state index is 14.1. The van der Waals surface area contributed by atoms with Crippen LogP contribution in [0, 0.1) is 5.82 Å². The zero-order valence-electron chi connectivity index (χ0n) is 12.9. The minimum absolute atomic E-state index is 0.204. The molecule has 0 fully saturated rings. The molecule has 1 rings (SSSR count). The molecule has 0 saturated heterocycles. The summed E-state index contributed by atoms with van der Waals surface area (Å²) in [6.07, 6.45) is 1.88. The normalized spacial score (nSPS) is 14.2. The molecule has 0 bridgehead atoms. The van der Waals surface area contributed by atoms with Crippen molar-refractivity contribution in [1.29, 1.82) is 0 Å². The van der Waals surface area contributed by atoms with Crippen LogP contribution in [0.25, 0.3) is 5.57 Å². The van der Waals surface area contributed by atoms with Crippen LogP contribution in [0.5, 0.6) is 0 Å². The van der Waals surface area contributed by atoms with Gasteiger partial charge in [-0.05, 0) is 43.0 Å². The van der Waals surface area contributed by atoms with Gasteiger partial charge in [0.25, 0.3) is 0 Å². The molecule has 1 aromatic carbocycles. The van der Waals surface area contributed by atoms with E-state index < -0.39 is 14.3 Å². The fourth-order valence-corrected chi connectivity index (χ4v) is 2.58. The van der Waals surface area contributed by atoms with E-state index in [9.17, 15) is 13.3 Å². The number of hydrogen-bond donors (Lipinski definition) is 1. The smallest absolute Gasteiger partial charge is 0.207 e. The zero-order valence-corrected chi connectivity index (χ0v) is 13.8. The average Bonchev–Trinajstić information content (AvgIpc) is 2.45. The molecule has 0 aliphatic heterocycles. The Morgan fingerprint density at radius 3 is 2.32 bits per heavy atom. The predicted octanol–water partition coefficient (Wildman–Crippen LogP) is 5.66. The number of allylic oxidation sites excluding steroid dienone is 3. The highest BCUT2D eigenvalue weighted by molar-refractivity contribution is 7.32. The summed E-state index contributed by atoms with van der Waals surface area (Å²) in [6.45, 7) is 5.59. The molecule has 0 heterocycles. The van der Waals surface area contributed by atoms with Gasteiger partial charge in [-0.15, -0.1) is 4.89 Å². The predicted molar refractivity (Wildman–Crippen MR) is 83.2 cm³/mol. The van der Waals surface area contributed by atoms with Gasteiger partial charge >= 0.3 is 14.3 Å². The summed E-state index contributed by atoms with van der Waals surface area (Å²) in [5.74, 6) is -0.381. The number of halogens is 2. The van der Waals surface area contributed by atoms with Crippen molar-refractivity contribution in [3.05, 3.63) is 52.8 Å². The van der Waals surface area contributed by atoms with E-state index in [0.29, 0.717) is 11.1 Å². The second-order valence-electron chi connectivity index (χ2n) is 4.85. The maximum absolute atomic E-state index is 14.1. The molecule has 0 amide bonds. The number of rotatable bonds is 7. The van der Waals surface area contributed by atoms with Gasteiger partial charge in [0.15, 0.2) is 0 Å². The Hall–Kier alpha value is -1.58. The van der Waals surface area contributed by atoms with Crippen LogP contribution in [0.3, 0.4) is 0 Å². The zero-order chi connectivity index (χ0) is 16.7. The van der Waals surface area contributed by atoms with E-state index >= 15 is 0 Å². The first-order valence-electron chi connectivity index (χ1n) is 7.09. The molecule has 6 heteroatoms. The molecule has 0 spiro atoms. The first-order valence-corrected chi connectivity index (χ1v) is 8.22. The van der Waals surface area contributed by atoms with Crippen molar-refractivity contribution in [2.24, 2.45) is 0 Å². The largest absolute Gasteiger partial charge is 0.749 e. The monoisotopic (exact) mass is 329 g/mol. The Balaban J connectivity index is 3.46. The molecule has 120 valence electrons. The third-order valence-corrected chi connectivity index (χ3v) is 3.55. The Morgan fingerprint density at radius 1 is 1.27 bits per heavy atom. The summed E-state index contributed by atoms with van der Waals surface area (Å²) >= 11 is 0. The van der Waals surface area contributed by atoms with Crippen LogP contribution in [-0.2, 0) is 9.09 Å². The maximum Gasteiger partial charge on any atom is 0.749 e. The molecule has 0 radical (unpaired) electrons. The van der Waals surface area contributed by atoms with Gasteiger partial charge in [0, 0.05) is 10.1 Å². The Morgan fingerprint density at radius 2 is 1.86 bits per heavy atom. The molecule has 1 unspecified atom stereocenters. The molecule has 22 heavy (non-hydrogen) atoms. The van der Waals surface area contributed by atoms with Crippen molar-refractivity contribution in [3.8, 4) is 0 Å². The topological polar surface area (TPSA) is 46.5 Å². The Bertz CT molecular complexity index is 592. The average molecular weight is 329 g/mol. The van der Waals surface area contributed by atoms with Crippen molar-refractivity contribution in [2.75, 3.05) is 0 Å². The van der Waals surface area contributed by atoms with Gasteiger partial charge in [0.05, 0.1) is 0 Å². The third kappa shape index (κ3) is 5.00. The van der Waals surface area contributed by atoms with Crippen LogP contribution in [-0.4, -0.2) is 4.89 Å². The van der Waals surface area contributed by atoms with Gasteiger partial charge < -0.3 is 0 Å². The molecular weight excluding hydrogens is 309 g/mol. The molecule has 0 saturated carbocycles. The minimum Gasteiger partial charge on any atom is -0.207 e. The van der Waals surface area contributed by atoms with Crippen LogP contribution >= 0.6 is 8.25 Å². The first kappa shape index (κ1) is 18.5. The van der Waals surface area contributed by atoms with E-state index in [1.165, 1.54) is 12.1 Å². The van der Waals surface area contributed by atoms with Gasteiger partial charge in [-0.25, -0.2) is 4.39 Å². The molecule has 0 aromatic heterocycles. The summed E-state index contributed by atoms with van der Waals surface area (Å²) in [6, 6.07) is 4.65. The number of benzene rings is 1. The Kier molecular flexibility index (Phi) is 7.36. The van der Waals surface area contributed by atoms with Crippen molar-refractivity contribution < 1.29 is 22.8 Å². The summed E-state index contributed by atoms with van der Waals surface area (Å²) in [5, 5.41) is 0. The molecule has 1 atom stereocenters. The van der Waals surface area contributed by atoms with Crippen LogP contribution in [0.2, 0.25) is 0 Å². The van der Waals surface area contributed by atoms with Crippen LogP contribution in [0.15, 0.2) is 41.4 Å². The van der Waals surface area contributed by atoms with Gasteiger partial charge in [-0.2, -0.15) is 8.91 Å². The van der Waals surface area contributed by atoms with Gasteiger partial charge in [0.1, 0.15) is 5.82 Å². The fourth-order valence-electron chi connectivity index (χ4n) is 2.33. The van der Waals surface area contributed by atoms with E-state index in [1.807, 2.05) is 13.8 Å². The van der Waals surface area contributed by atoms with Crippen LogP contribution in [0.4, 0.5) is 8.78 Å². The fraction of sp³-hybridized carbons (Fsp3) is 0.375. The summed E-state index contributed by atoms with van der Waals surface area (Å²) in [5.41, 5.74) is 2.36.